The van der Waals surface area contributed by atoms with Crippen LogP contribution >= 0.6 is 15.9 Å². The molecular weight excluding hydrogens is 1750 g/mol. The van der Waals surface area contributed by atoms with E-state index in [0.29, 0.717) is 36.8 Å². The number of para-hydroxylation sites is 4. The lowest BCUT2D eigenvalue weighted by atomic mass is 9.88. The van der Waals surface area contributed by atoms with Gasteiger partial charge in [-0.3, -0.25) is 0 Å². The normalized spacial score (nSPS) is 18.1. The van der Waals surface area contributed by atoms with Gasteiger partial charge in [-0.05, 0) is 270 Å². The van der Waals surface area contributed by atoms with E-state index in [4.69, 9.17) is 63.2 Å². The molecule has 21 nitrogen and oxygen atoms in total. The van der Waals surface area contributed by atoms with E-state index in [1.807, 2.05) is 19.2 Å². The quantitative estimate of drug-likeness (QED) is 0.0363. The highest BCUT2D eigenvalue weighted by Crippen LogP contribution is 2.53. The molecule has 4 aliphatic carbocycles. The van der Waals surface area contributed by atoms with E-state index in [2.05, 4.69) is 284 Å². The minimum absolute atomic E-state index is 0.116. The lowest BCUT2D eigenvalue weighted by Gasteiger charge is -2.36. The third-order valence-corrected chi connectivity index (χ3v) is 35.9. The largest absolute Gasteiger partial charge is 0.496 e. The molecule has 708 valence electrons. The summed E-state index contributed by atoms with van der Waals surface area (Å²) in [4.78, 5) is 54.9. The fourth-order valence-corrected chi connectivity index (χ4v) is 21.2. The second kappa shape index (κ2) is 40.4. The lowest BCUT2D eigenvalue weighted by molar-refractivity contribution is 0.301. The Hall–Kier alpha value is -10.5. The third-order valence-electron chi connectivity index (χ3n) is 30.9. The van der Waals surface area contributed by atoms with Gasteiger partial charge >= 0.3 is 0 Å². The van der Waals surface area contributed by atoms with E-state index in [1.165, 1.54) is 71.9 Å². The number of ether oxygens (including phenoxy) is 4. The molecule has 8 aromatic carbocycles. The molecule has 8 heterocycles. The van der Waals surface area contributed by atoms with Crippen LogP contribution in [0.2, 0.25) is 18.1 Å². The van der Waals surface area contributed by atoms with Crippen molar-refractivity contribution < 1.29 is 28.5 Å². The number of aliphatic hydroxyl groups is 1. The van der Waals surface area contributed by atoms with E-state index in [0.717, 1.165) is 260 Å². The topological polar surface area (TPSA) is 201 Å². The molecule has 0 spiro atoms. The van der Waals surface area contributed by atoms with Gasteiger partial charge in [0.05, 0.1) is 63.7 Å². The Kier molecular flexibility index (Phi) is 28.8. The minimum Gasteiger partial charge on any atom is -0.496 e. The molecule has 4 aliphatic heterocycles. The highest BCUT2D eigenvalue weighted by Gasteiger charge is 2.47. The van der Waals surface area contributed by atoms with Crippen molar-refractivity contribution in [2.24, 2.45) is 0 Å². The Bertz CT molecular complexity index is 5920. The molecule has 134 heavy (non-hydrogen) atoms. The molecule has 4 aromatic heterocycles. The lowest BCUT2D eigenvalue weighted by Crippen LogP contribution is -2.41. The first-order valence-corrected chi connectivity index (χ1v) is 53.2. The number of nitrogens with zero attached hydrogens (tertiary/aromatic N) is 14. The highest BCUT2D eigenvalue weighted by molar-refractivity contribution is 9.10. The number of likely N-dealkylation sites (N-methyl/N-ethyl adjacent to an activating group) is 1. The van der Waals surface area contributed by atoms with Crippen LogP contribution in [0.15, 0.2) is 174 Å². The van der Waals surface area contributed by atoms with Gasteiger partial charge in [-0.1, -0.05) is 144 Å². The molecule has 0 radical (unpaired) electrons. The van der Waals surface area contributed by atoms with Crippen LogP contribution in [-0.4, -0.2) is 181 Å². The Morgan fingerprint density at radius 1 is 0.403 bits per heavy atom. The van der Waals surface area contributed by atoms with Gasteiger partial charge in [0.15, 0.2) is 8.32 Å². The van der Waals surface area contributed by atoms with Gasteiger partial charge in [-0.2, -0.15) is 0 Å². The molecule has 2 N–H and O–H groups in total. The van der Waals surface area contributed by atoms with Gasteiger partial charge in [0, 0.05) is 151 Å². The first-order chi connectivity index (χ1) is 64.6. The maximum absolute atomic E-state index is 9.38. The Morgan fingerprint density at radius 2 is 0.694 bits per heavy atom. The molecule has 4 saturated heterocycles. The number of hydrogen-bond donors (Lipinski definition) is 2. The van der Waals surface area contributed by atoms with Crippen molar-refractivity contribution in [3.8, 4) is 23.0 Å². The number of aliphatic hydroxyl groups excluding tert-OH is 1. The molecule has 20 rings (SSSR count). The summed E-state index contributed by atoms with van der Waals surface area (Å²) in [5.41, 5.74) is 13.4. The van der Waals surface area contributed by atoms with Gasteiger partial charge in [-0.15, -0.1) is 0 Å². The van der Waals surface area contributed by atoms with Gasteiger partial charge in [0.2, 0.25) is 0 Å². The Morgan fingerprint density at radius 3 is 0.993 bits per heavy atom. The fourth-order valence-electron chi connectivity index (χ4n) is 19.8. The number of anilines is 7. The molecule has 0 unspecified atom stereocenters. The number of hydrogen-bond acceptors (Lipinski definition) is 21. The molecule has 8 fully saturated rings. The molecule has 0 amide bonds. The van der Waals surface area contributed by atoms with E-state index >= 15 is 0 Å². The van der Waals surface area contributed by atoms with Crippen molar-refractivity contribution in [3.63, 3.8) is 0 Å². The number of fused-ring (bicyclic) bond motifs is 4. The van der Waals surface area contributed by atoms with Crippen molar-refractivity contribution in [2.75, 3.05) is 162 Å². The van der Waals surface area contributed by atoms with Crippen molar-refractivity contribution in [2.45, 2.75) is 228 Å². The average Bonchev–Trinajstić information content (AvgIpc) is 1.59. The molecule has 12 aromatic rings. The number of piperidine rings is 4. The number of benzene rings is 8. The minimum atomic E-state index is -1.75. The summed E-state index contributed by atoms with van der Waals surface area (Å²) >= 11 is 3.63. The summed E-state index contributed by atoms with van der Waals surface area (Å²) in [6.07, 6.45) is 19.3. The van der Waals surface area contributed by atoms with E-state index < -0.39 is 8.32 Å². The van der Waals surface area contributed by atoms with Gasteiger partial charge < -0.3 is 63.2 Å². The standard InChI is InChI=1S/C32H46N4O2Si.C28H36N4O.C27H34N4O2.C24H26BrN3O/c1-31(2,3)39(6,7)38-21-18-33-24-12-13-27-26(22-24)29(35-30(34-27)32(4)16-17-32)36-19-14-23(15-20-36)25-10-8-9-11-28(25)37-5;1-5-16-31(3)21-10-11-24-23(19-21)26(30-27(29-24)28(2)14-15-28)32-17-12-20(13-18-32)22-8-6-7-9-25(22)33-4;1-27(12-13-27)26-28-23-9-8-20(30(2)16-17-32)18-22(23)25(29-26)31-14-10-19(11-15-31)21-6-4-5-7-24(21)33-3;1-24(11-12-24)23-26-20-8-7-17(25)15-19(20)22(27-23)28-13-9-16(10-14-28)18-5-3-4-6-21(18)29-2/h8-13,22-23,33H,14-21H2,1-7H3;6-11,19-20H,5,12-18H2,1-4H3;4-9,18-19,32H,10-17H2,1-3H3;3-8,15-16H,9-14H2,1-2H3. The van der Waals surface area contributed by atoms with Crippen LogP contribution in [0, 0.1) is 0 Å². The number of aromatic nitrogens is 8. The Balaban J connectivity index is 0.000000125. The van der Waals surface area contributed by atoms with Crippen LogP contribution < -0.4 is 53.7 Å². The molecule has 23 heteroatoms. The zero-order valence-corrected chi connectivity index (χ0v) is 84.9. The van der Waals surface area contributed by atoms with E-state index in [1.54, 1.807) is 28.4 Å². The molecule has 4 saturated carbocycles. The van der Waals surface area contributed by atoms with Gasteiger partial charge in [0.1, 0.15) is 69.6 Å². The van der Waals surface area contributed by atoms with Crippen LogP contribution in [0.1, 0.15) is 234 Å². The predicted molar refractivity (Wildman–Crippen MR) is 556 cm³/mol. The van der Waals surface area contributed by atoms with E-state index in [-0.39, 0.29) is 33.3 Å². The van der Waals surface area contributed by atoms with Gasteiger partial charge in [0.25, 0.3) is 0 Å². The maximum atomic E-state index is 9.38. The van der Waals surface area contributed by atoms with Crippen molar-refractivity contribution >= 4 is 108 Å². The van der Waals surface area contributed by atoms with Crippen LogP contribution in [0.4, 0.5) is 40.3 Å². The van der Waals surface area contributed by atoms with Gasteiger partial charge in [-0.25, -0.2) is 39.9 Å². The van der Waals surface area contributed by atoms with Crippen LogP contribution in [0.5, 0.6) is 23.0 Å². The predicted octanol–water partition coefficient (Wildman–Crippen LogP) is 23.8. The first kappa shape index (κ1) is 95.3. The number of halogens is 1. The summed E-state index contributed by atoms with van der Waals surface area (Å²) in [6.45, 7) is 34.0. The van der Waals surface area contributed by atoms with E-state index in [9.17, 15) is 5.11 Å². The molecule has 8 aliphatic rings. The van der Waals surface area contributed by atoms with Crippen LogP contribution in [-0.2, 0) is 26.1 Å². The zero-order valence-electron chi connectivity index (χ0n) is 82.3. The Labute approximate surface area is 804 Å². The summed E-state index contributed by atoms with van der Waals surface area (Å²) in [7, 11) is 9.49. The number of methoxy groups -OCH3 is 4. The summed E-state index contributed by atoms with van der Waals surface area (Å²) in [5, 5.41) is 17.7. The van der Waals surface area contributed by atoms with Crippen LogP contribution in [0.3, 0.4) is 0 Å². The first-order valence-electron chi connectivity index (χ1n) is 49.5. The highest BCUT2D eigenvalue weighted by atomic mass is 79.9. The zero-order chi connectivity index (χ0) is 93.9. The van der Waals surface area contributed by atoms with Crippen LogP contribution in [0.25, 0.3) is 43.6 Å². The van der Waals surface area contributed by atoms with Crippen molar-refractivity contribution in [3.05, 3.63) is 220 Å². The molecular formula is C111H142BrN15O6Si. The third kappa shape index (κ3) is 21.2. The summed E-state index contributed by atoms with van der Waals surface area (Å²) in [6, 6.07) is 59.8. The second-order valence-corrected chi connectivity index (χ2v) is 47.4. The SMILES string of the molecule is CCCN(C)c1ccc2nc(C3(C)CC3)nc(N3CCC(c4ccccc4OC)CC3)c2c1.COc1ccccc1C1CCN(c2nc(C3(C)CC3)nc3ccc(Br)cc23)CC1.COc1ccccc1C1CCN(c2nc(C3(C)CC3)nc3ccc(N(C)CCO)cc23)CC1.COc1ccccc1C1CCN(c2nc(C3(C)CC3)nc3ccc(NCCO[Si](C)(C)C(C)(C)C)cc23)CC1. The monoisotopic (exact) mass is 1890 g/mol. The number of nitrogens with one attached hydrogen (secondary N) is 1. The second-order valence-electron chi connectivity index (χ2n) is 41.6. The molecule has 0 atom stereocenters. The smallest absolute Gasteiger partial charge is 0.192 e. The number of rotatable bonds is 27. The summed E-state index contributed by atoms with van der Waals surface area (Å²) in [5.74, 6) is 14.4. The summed E-state index contributed by atoms with van der Waals surface area (Å²) < 4.78 is 30.0. The maximum Gasteiger partial charge on any atom is 0.192 e. The van der Waals surface area contributed by atoms with Crippen molar-refractivity contribution in [1.82, 2.24) is 39.9 Å². The average molecular weight is 1890 g/mol. The fraction of sp³-hybridized carbons (Fsp3) is 0.495. The van der Waals surface area contributed by atoms with Crippen molar-refractivity contribution in [1.29, 1.82) is 0 Å². The molecule has 0 bridgehead atoms.